The van der Waals surface area contributed by atoms with Gasteiger partial charge in [-0.2, -0.15) is 0 Å². The minimum atomic E-state index is 0.396. The maximum atomic E-state index is 5.76. The summed E-state index contributed by atoms with van der Waals surface area (Å²) in [5, 5.41) is 0. The van der Waals surface area contributed by atoms with Crippen molar-refractivity contribution in [2.24, 2.45) is 5.73 Å². The molecule has 2 N–H and O–H groups in total. The highest BCUT2D eigenvalue weighted by Crippen LogP contribution is 2.26. The molecule has 1 heterocycles. The van der Waals surface area contributed by atoms with E-state index in [9.17, 15) is 0 Å². The smallest absolute Gasteiger partial charge is 0.128 e. The summed E-state index contributed by atoms with van der Waals surface area (Å²) in [7, 11) is 2.09. The van der Waals surface area contributed by atoms with Crippen LogP contribution in [-0.2, 0) is 0 Å². The van der Waals surface area contributed by atoms with Crippen LogP contribution in [-0.4, -0.2) is 24.1 Å². The topological polar surface area (TPSA) is 42.1 Å². The number of rotatable bonds is 2. The molecule has 2 rings (SSSR count). The zero-order valence-electron chi connectivity index (χ0n) is 8.77. The van der Waals surface area contributed by atoms with Crippen LogP contribution in [0.25, 0.3) is 0 Å². The number of nitrogens with two attached hydrogens (primary N) is 1. The number of hydrogen-bond acceptors (Lipinski definition) is 3. The van der Waals surface area contributed by atoms with Crippen molar-refractivity contribution in [2.45, 2.75) is 31.8 Å². The second kappa shape index (κ2) is 3.58. The third-order valence-electron chi connectivity index (χ3n) is 2.95. The SMILES string of the molecule is Cc1ccc(N(C)C2CC(N)C2)nc1. The second-order valence-electron chi connectivity index (χ2n) is 4.19. The van der Waals surface area contributed by atoms with Gasteiger partial charge in [0.25, 0.3) is 0 Å². The number of hydrogen-bond donors (Lipinski definition) is 1. The van der Waals surface area contributed by atoms with Gasteiger partial charge in [0.2, 0.25) is 0 Å². The lowest BCUT2D eigenvalue weighted by molar-refractivity contribution is 0.338. The van der Waals surface area contributed by atoms with Crippen LogP contribution in [0.2, 0.25) is 0 Å². The van der Waals surface area contributed by atoms with E-state index in [0.717, 1.165) is 18.7 Å². The molecule has 0 spiro atoms. The normalized spacial score (nSPS) is 25.6. The summed E-state index contributed by atoms with van der Waals surface area (Å²) < 4.78 is 0. The molecule has 0 unspecified atom stereocenters. The molecule has 0 amide bonds. The maximum Gasteiger partial charge on any atom is 0.128 e. The molecular weight excluding hydrogens is 174 g/mol. The molecule has 3 nitrogen and oxygen atoms in total. The van der Waals surface area contributed by atoms with Crippen molar-refractivity contribution in [2.75, 3.05) is 11.9 Å². The van der Waals surface area contributed by atoms with E-state index in [-0.39, 0.29) is 0 Å². The minimum Gasteiger partial charge on any atom is -0.357 e. The zero-order valence-corrected chi connectivity index (χ0v) is 8.77. The third-order valence-corrected chi connectivity index (χ3v) is 2.95. The highest BCUT2D eigenvalue weighted by atomic mass is 15.2. The van der Waals surface area contributed by atoms with Crippen molar-refractivity contribution in [3.8, 4) is 0 Å². The van der Waals surface area contributed by atoms with Crippen molar-refractivity contribution < 1.29 is 0 Å². The van der Waals surface area contributed by atoms with Crippen molar-refractivity contribution >= 4 is 5.82 Å². The van der Waals surface area contributed by atoms with Crippen LogP contribution >= 0.6 is 0 Å². The lowest BCUT2D eigenvalue weighted by Crippen LogP contribution is -2.49. The van der Waals surface area contributed by atoms with Gasteiger partial charge in [0.05, 0.1) is 0 Å². The van der Waals surface area contributed by atoms with Crippen LogP contribution in [0.3, 0.4) is 0 Å². The zero-order chi connectivity index (χ0) is 10.1. The monoisotopic (exact) mass is 191 g/mol. The van der Waals surface area contributed by atoms with E-state index < -0.39 is 0 Å². The molecule has 1 saturated carbocycles. The lowest BCUT2D eigenvalue weighted by atomic mass is 9.86. The largest absolute Gasteiger partial charge is 0.357 e. The summed E-state index contributed by atoms with van der Waals surface area (Å²) in [6.45, 7) is 2.05. The molecule has 1 aromatic heterocycles. The number of anilines is 1. The minimum absolute atomic E-state index is 0.396. The van der Waals surface area contributed by atoms with Crippen LogP contribution in [0, 0.1) is 6.92 Å². The number of nitrogens with zero attached hydrogens (tertiary/aromatic N) is 2. The molecule has 0 radical (unpaired) electrons. The molecule has 1 aliphatic carbocycles. The van der Waals surface area contributed by atoms with Gasteiger partial charge in [-0.25, -0.2) is 4.98 Å². The summed E-state index contributed by atoms with van der Waals surface area (Å²) in [6, 6.07) is 5.14. The first-order valence-electron chi connectivity index (χ1n) is 5.08. The van der Waals surface area contributed by atoms with Crippen molar-refractivity contribution in [1.29, 1.82) is 0 Å². The highest BCUT2D eigenvalue weighted by Gasteiger charge is 2.29. The fourth-order valence-corrected chi connectivity index (χ4v) is 1.80. The Morgan fingerprint density at radius 3 is 2.64 bits per heavy atom. The fourth-order valence-electron chi connectivity index (χ4n) is 1.80. The van der Waals surface area contributed by atoms with Gasteiger partial charge in [-0.1, -0.05) is 6.07 Å². The molecule has 14 heavy (non-hydrogen) atoms. The summed E-state index contributed by atoms with van der Waals surface area (Å²) in [5.41, 5.74) is 6.96. The van der Waals surface area contributed by atoms with Gasteiger partial charge in [-0.3, -0.25) is 0 Å². The third kappa shape index (κ3) is 1.73. The molecule has 0 bridgehead atoms. The average molecular weight is 191 g/mol. The molecule has 3 heteroatoms. The Bertz CT molecular complexity index is 301. The van der Waals surface area contributed by atoms with Crippen molar-refractivity contribution in [1.82, 2.24) is 4.98 Å². The molecule has 76 valence electrons. The summed E-state index contributed by atoms with van der Waals surface area (Å²) in [4.78, 5) is 6.62. The number of aromatic nitrogens is 1. The Morgan fingerprint density at radius 2 is 2.14 bits per heavy atom. The molecular formula is C11H17N3. The molecule has 0 aliphatic heterocycles. The molecule has 1 aliphatic rings. The number of aryl methyl sites for hydroxylation is 1. The predicted molar refractivity (Wildman–Crippen MR) is 58.4 cm³/mol. The highest BCUT2D eigenvalue weighted by molar-refractivity contribution is 5.40. The Hall–Kier alpha value is -1.09. The van der Waals surface area contributed by atoms with E-state index in [1.165, 1.54) is 5.56 Å². The number of pyridine rings is 1. The van der Waals surface area contributed by atoms with E-state index in [2.05, 4.69) is 36.0 Å². The molecule has 1 fully saturated rings. The summed E-state index contributed by atoms with van der Waals surface area (Å²) in [6.07, 6.45) is 4.09. The van der Waals surface area contributed by atoms with E-state index in [1.54, 1.807) is 0 Å². The van der Waals surface area contributed by atoms with Crippen LogP contribution in [0.4, 0.5) is 5.82 Å². The molecule has 1 aromatic rings. The first kappa shape index (κ1) is 9.46. The van der Waals surface area contributed by atoms with Crippen LogP contribution < -0.4 is 10.6 Å². The van der Waals surface area contributed by atoms with Crippen LogP contribution in [0.1, 0.15) is 18.4 Å². The summed E-state index contributed by atoms with van der Waals surface area (Å²) >= 11 is 0. The van der Waals surface area contributed by atoms with Gasteiger partial charge in [0.1, 0.15) is 5.82 Å². The summed E-state index contributed by atoms with van der Waals surface area (Å²) in [5.74, 6) is 1.05. The van der Waals surface area contributed by atoms with Crippen LogP contribution in [0.5, 0.6) is 0 Å². The standard InChI is InChI=1S/C11H17N3/c1-8-3-4-11(13-7-8)14(2)10-5-9(12)6-10/h3-4,7,9-10H,5-6,12H2,1-2H3. The molecule has 0 aromatic carbocycles. The van der Waals surface area contributed by atoms with Gasteiger partial charge in [0.15, 0.2) is 0 Å². The molecule has 0 atom stereocenters. The second-order valence-corrected chi connectivity index (χ2v) is 4.19. The maximum absolute atomic E-state index is 5.76. The van der Waals surface area contributed by atoms with Gasteiger partial charge in [-0.05, 0) is 31.4 Å². The quantitative estimate of drug-likeness (QED) is 0.766. The fraction of sp³-hybridized carbons (Fsp3) is 0.545. The average Bonchev–Trinajstić information content (AvgIpc) is 2.13. The van der Waals surface area contributed by atoms with E-state index in [0.29, 0.717) is 12.1 Å². The molecule has 0 saturated heterocycles. The Kier molecular flexibility index (Phi) is 2.42. The van der Waals surface area contributed by atoms with Crippen LogP contribution in [0.15, 0.2) is 18.3 Å². The van der Waals surface area contributed by atoms with Crippen molar-refractivity contribution in [3.63, 3.8) is 0 Å². The van der Waals surface area contributed by atoms with Gasteiger partial charge < -0.3 is 10.6 Å². The first-order chi connectivity index (χ1) is 6.66. The van der Waals surface area contributed by atoms with Gasteiger partial charge in [-0.15, -0.1) is 0 Å². The lowest BCUT2D eigenvalue weighted by Gasteiger charge is -2.39. The van der Waals surface area contributed by atoms with E-state index in [4.69, 9.17) is 5.73 Å². The van der Waals surface area contributed by atoms with Crippen molar-refractivity contribution in [3.05, 3.63) is 23.9 Å². The Balaban J connectivity index is 2.04. The Morgan fingerprint density at radius 1 is 1.43 bits per heavy atom. The Labute approximate surface area is 84.9 Å². The first-order valence-corrected chi connectivity index (χ1v) is 5.08. The van der Waals surface area contributed by atoms with Gasteiger partial charge in [0, 0.05) is 25.3 Å². The predicted octanol–water partition coefficient (Wildman–Crippen LogP) is 1.32. The van der Waals surface area contributed by atoms with Gasteiger partial charge >= 0.3 is 0 Å². The van der Waals surface area contributed by atoms with E-state index in [1.807, 2.05) is 6.20 Å². The van der Waals surface area contributed by atoms with E-state index >= 15 is 0 Å².